The molecular formula is C16H23NOS. The summed E-state index contributed by atoms with van der Waals surface area (Å²) in [5, 5.41) is 4.90. The van der Waals surface area contributed by atoms with E-state index in [1.165, 1.54) is 16.9 Å². The Balaban J connectivity index is 2.15. The van der Waals surface area contributed by atoms with Crippen molar-refractivity contribution in [2.75, 3.05) is 6.54 Å². The number of amides is 1. The van der Waals surface area contributed by atoms with Crippen molar-refractivity contribution >= 4 is 17.2 Å². The highest BCUT2D eigenvalue weighted by atomic mass is 32.1. The Labute approximate surface area is 119 Å². The van der Waals surface area contributed by atoms with Gasteiger partial charge in [-0.2, -0.15) is 0 Å². The zero-order valence-electron chi connectivity index (χ0n) is 12.1. The fraction of sp³-hybridized carbons (Fsp3) is 0.562. The summed E-state index contributed by atoms with van der Waals surface area (Å²) in [7, 11) is 0. The summed E-state index contributed by atoms with van der Waals surface area (Å²) in [6, 6.07) is 0. The van der Waals surface area contributed by atoms with E-state index in [1.807, 2.05) is 5.38 Å². The molecule has 1 atom stereocenters. The van der Waals surface area contributed by atoms with Crippen LogP contribution in [0.1, 0.15) is 48.0 Å². The number of rotatable bonds is 3. The third-order valence-electron chi connectivity index (χ3n) is 4.03. The monoisotopic (exact) mass is 277 g/mol. The highest BCUT2D eigenvalue weighted by Crippen LogP contribution is 2.40. The van der Waals surface area contributed by atoms with Crippen LogP contribution in [0.3, 0.4) is 0 Å². The van der Waals surface area contributed by atoms with Crippen LogP contribution in [0.15, 0.2) is 18.0 Å². The molecule has 1 unspecified atom stereocenters. The Kier molecular flexibility index (Phi) is 4.14. The van der Waals surface area contributed by atoms with Crippen molar-refractivity contribution in [2.24, 2.45) is 11.3 Å². The maximum Gasteiger partial charge on any atom is 0.252 e. The van der Waals surface area contributed by atoms with E-state index in [2.05, 4.69) is 32.7 Å². The van der Waals surface area contributed by atoms with E-state index >= 15 is 0 Å². The average molecular weight is 277 g/mol. The lowest BCUT2D eigenvalue weighted by Crippen LogP contribution is -2.28. The quantitative estimate of drug-likeness (QED) is 0.836. The molecule has 104 valence electrons. The SMILES string of the molecule is C=CCNC(=O)c1csc2c1CCC(C(C)(C)C)C2. The minimum absolute atomic E-state index is 0.0478. The molecule has 1 aromatic heterocycles. The Hall–Kier alpha value is -1.09. The summed E-state index contributed by atoms with van der Waals surface area (Å²) in [5.41, 5.74) is 2.52. The molecule has 1 aliphatic rings. The van der Waals surface area contributed by atoms with Crippen molar-refractivity contribution in [3.63, 3.8) is 0 Å². The van der Waals surface area contributed by atoms with E-state index in [4.69, 9.17) is 0 Å². The molecule has 19 heavy (non-hydrogen) atoms. The van der Waals surface area contributed by atoms with Gasteiger partial charge in [-0.1, -0.05) is 26.8 Å². The van der Waals surface area contributed by atoms with Crippen molar-refractivity contribution < 1.29 is 4.79 Å². The number of hydrogen-bond acceptors (Lipinski definition) is 2. The highest BCUT2D eigenvalue weighted by molar-refractivity contribution is 7.10. The fourth-order valence-electron chi connectivity index (χ4n) is 2.70. The lowest BCUT2D eigenvalue weighted by molar-refractivity contribution is 0.0957. The second kappa shape index (κ2) is 5.49. The molecule has 0 bridgehead atoms. The van der Waals surface area contributed by atoms with Gasteiger partial charge in [0.15, 0.2) is 0 Å². The fourth-order valence-corrected chi connectivity index (χ4v) is 3.86. The first-order valence-electron chi connectivity index (χ1n) is 6.91. The molecule has 0 aromatic carbocycles. The first kappa shape index (κ1) is 14.3. The molecular weight excluding hydrogens is 254 g/mol. The molecule has 1 aromatic rings. The maximum absolute atomic E-state index is 12.1. The van der Waals surface area contributed by atoms with E-state index in [0.717, 1.165) is 24.3 Å². The number of nitrogens with one attached hydrogen (secondary N) is 1. The van der Waals surface area contributed by atoms with Crippen LogP contribution in [0.25, 0.3) is 0 Å². The summed E-state index contributed by atoms with van der Waals surface area (Å²) in [6.45, 7) is 11.1. The largest absolute Gasteiger partial charge is 0.349 e. The summed E-state index contributed by atoms with van der Waals surface area (Å²) in [5.74, 6) is 0.773. The van der Waals surface area contributed by atoms with Crippen molar-refractivity contribution in [1.29, 1.82) is 0 Å². The molecule has 0 saturated heterocycles. The standard InChI is InChI=1S/C16H23NOS/c1-5-8-17-15(18)13-10-19-14-9-11(16(2,3)4)6-7-12(13)14/h5,10-11H,1,6-9H2,2-4H3,(H,17,18). The second-order valence-electron chi connectivity index (χ2n) is 6.36. The number of fused-ring (bicyclic) bond motifs is 1. The van der Waals surface area contributed by atoms with Crippen molar-refractivity contribution in [2.45, 2.75) is 40.0 Å². The summed E-state index contributed by atoms with van der Waals surface area (Å²) in [4.78, 5) is 13.5. The highest BCUT2D eigenvalue weighted by Gasteiger charge is 2.31. The topological polar surface area (TPSA) is 29.1 Å². The third kappa shape index (κ3) is 3.08. The van der Waals surface area contributed by atoms with E-state index in [-0.39, 0.29) is 5.91 Å². The predicted molar refractivity (Wildman–Crippen MR) is 81.8 cm³/mol. The number of hydrogen-bond donors (Lipinski definition) is 1. The van der Waals surface area contributed by atoms with Gasteiger partial charge in [0, 0.05) is 16.8 Å². The Morgan fingerprint density at radius 2 is 2.32 bits per heavy atom. The van der Waals surface area contributed by atoms with E-state index in [9.17, 15) is 4.79 Å². The first-order valence-corrected chi connectivity index (χ1v) is 7.79. The summed E-state index contributed by atoms with van der Waals surface area (Å²) in [6.07, 6.45) is 5.07. The number of carbonyl (C=O) groups is 1. The number of carbonyl (C=O) groups excluding carboxylic acids is 1. The zero-order chi connectivity index (χ0) is 14.0. The molecule has 0 fully saturated rings. The normalized spacial score (nSPS) is 18.8. The zero-order valence-corrected chi connectivity index (χ0v) is 12.9. The molecule has 0 radical (unpaired) electrons. The molecule has 2 nitrogen and oxygen atoms in total. The summed E-state index contributed by atoms with van der Waals surface area (Å²) >= 11 is 1.75. The van der Waals surface area contributed by atoms with Gasteiger partial charge >= 0.3 is 0 Å². The Morgan fingerprint density at radius 3 is 2.95 bits per heavy atom. The van der Waals surface area contributed by atoms with Gasteiger partial charge in [0.25, 0.3) is 5.91 Å². The molecule has 0 aliphatic heterocycles. The molecule has 2 rings (SSSR count). The third-order valence-corrected chi connectivity index (χ3v) is 5.08. The van der Waals surface area contributed by atoms with Gasteiger partial charge in [-0.3, -0.25) is 4.79 Å². The Morgan fingerprint density at radius 1 is 1.58 bits per heavy atom. The molecule has 3 heteroatoms. The average Bonchev–Trinajstić information content (AvgIpc) is 2.77. The van der Waals surface area contributed by atoms with Gasteiger partial charge in [-0.25, -0.2) is 0 Å². The maximum atomic E-state index is 12.1. The smallest absolute Gasteiger partial charge is 0.252 e. The van der Waals surface area contributed by atoms with Crippen LogP contribution in [-0.2, 0) is 12.8 Å². The molecule has 1 amide bonds. The van der Waals surface area contributed by atoms with Gasteiger partial charge in [-0.15, -0.1) is 17.9 Å². The predicted octanol–water partition coefficient (Wildman–Crippen LogP) is 3.81. The minimum atomic E-state index is 0.0478. The first-order chi connectivity index (χ1) is 8.93. The van der Waals surface area contributed by atoms with Crippen LogP contribution in [0.5, 0.6) is 0 Å². The summed E-state index contributed by atoms with van der Waals surface area (Å²) < 4.78 is 0. The molecule has 1 aliphatic carbocycles. The van der Waals surface area contributed by atoms with Gasteiger partial charge in [0.2, 0.25) is 0 Å². The van der Waals surface area contributed by atoms with E-state index < -0.39 is 0 Å². The van der Waals surface area contributed by atoms with E-state index in [1.54, 1.807) is 17.4 Å². The second-order valence-corrected chi connectivity index (χ2v) is 7.32. The molecule has 0 spiro atoms. The lowest BCUT2D eigenvalue weighted by Gasteiger charge is -2.34. The minimum Gasteiger partial charge on any atom is -0.349 e. The number of thiophene rings is 1. The van der Waals surface area contributed by atoms with Crippen molar-refractivity contribution in [3.05, 3.63) is 34.0 Å². The van der Waals surface area contributed by atoms with E-state index in [0.29, 0.717) is 12.0 Å². The molecule has 1 N–H and O–H groups in total. The van der Waals surface area contributed by atoms with Crippen molar-refractivity contribution in [3.8, 4) is 0 Å². The Bertz CT molecular complexity index is 481. The molecule has 1 heterocycles. The van der Waals surface area contributed by atoms with Crippen molar-refractivity contribution in [1.82, 2.24) is 5.32 Å². The van der Waals surface area contributed by atoms with Gasteiger partial charge < -0.3 is 5.32 Å². The lowest BCUT2D eigenvalue weighted by atomic mass is 9.72. The van der Waals surface area contributed by atoms with Gasteiger partial charge in [-0.05, 0) is 36.2 Å². The molecule has 0 saturated carbocycles. The van der Waals surface area contributed by atoms with Crippen LogP contribution in [0.4, 0.5) is 0 Å². The van der Waals surface area contributed by atoms with Crippen LogP contribution < -0.4 is 5.32 Å². The van der Waals surface area contributed by atoms with Gasteiger partial charge in [0.1, 0.15) is 0 Å². The van der Waals surface area contributed by atoms with Crippen LogP contribution in [0, 0.1) is 11.3 Å². The van der Waals surface area contributed by atoms with Crippen LogP contribution in [-0.4, -0.2) is 12.5 Å². The van der Waals surface area contributed by atoms with Gasteiger partial charge in [0.05, 0.1) is 5.56 Å². The van der Waals surface area contributed by atoms with Crippen LogP contribution >= 0.6 is 11.3 Å². The van der Waals surface area contributed by atoms with Crippen LogP contribution in [0.2, 0.25) is 0 Å².